The fourth-order valence-electron chi connectivity index (χ4n) is 2.25. The molecule has 0 unspecified atom stereocenters. The lowest BCUT2D eigenvalue weighted by Gasteiger charge is -2.34. The average Bonchev–Trinajstić information content (AvgIpc) is 2.06. The first-order valence-electron chi connectivity index (χ1n) is 6.22. The first-order chi connectivity index (χ1) is 6.79. The van der Waals surface area contributed by atoms with Crippen molar-refractivity contribution in [1.82, 2.24) is 5.32 Å². The Labute approximate surface area is 94.5 Å². The Kier molecular flexibility index (Phi) is 4.19. The van der Waals surface area contributed by atoms with E-state index in [0.717, 1.165) is 12.5 Å². The Hall–Kier alpha value is -0.0800. The molecule has 0 aromatic heterocycles. The summed E-state index contributed by atoms with van der Waals surface area (Å²) in [6.07, 6.45) is 5.38. The Bertz CT molecular complexity index is 183. The number of rotatable bonds is 4. The van der Waals surface area contributed by atoms with Crippen LogP contribution in [0.2, 0.25) is 0 Å². The van der Waals surface area contributed by atoms with Crippen LogP contribution < -0.4 is 5.32 Å². The third-order valence-corrected chi connectivity index (χ3v) is 3.45. The maximum atomic E-state index is 9.57. The molecule has 1 aliphatic carbocycles. The lowest BCUT2D eigenvalue weighted by molar-refractivity contribution is 0.0767. The van der Waals surface area contributed by atoms with E-state index in [2.05, 4.69) is 19.2 Å². The highest BCUT2D eigenvalue weighted by molar-refractivity contribution is 4.80. The third kappa shape index (κ3) is 5.53. The molecule has 15 heavy (non-hydrogen) atoms. The molecule has 0 bridgehead atoms. The summed E-state index contributed by atoms with van der Waals surface area (Å²) < 4.78 is 0. The highest BCUT2D eigenvalue weighted by Crippen LogP contribution is 2.37. The van der Waals surface area contributed by atoms with Gasteiger partial charge in [-0.15, -0.1) is 0 Å². The summed E-state index contributed by atoms with van der Waals surface area (Å²) in [5.41, 5.74) is -0.0132. The molecule has 0 radical (unpaired) electrons. The second-order valence-corrected chi connectivity index (χ2v) is 6.55. The molecule has 0 aromatic carbocycles. The van der Waals surface area contributed by atoms with Crippen molar-refractivity contribution in [1.29, 1.82) is 0 Å². The van der Waals surface area contributed by atoms with Crippen LogP contribution in [-0.4, -0.2) is 23.8 Å². The van der Waals surface area contributed by atoms with E-state index in [1.54, 1.807) is 0 Å². The molecule has 0 heterocycles. The summed E-state index contributed by atoms with van der Waals surface area (Å²) in [7, 11) is 0. The summed E-state index contributed by atoms with van der Waals surface area (Å²) in [5, 5.41) is 12.9. The van der Waals surface area contributed by atoms with Crippen LogP contribution in [0.5, 0.6) is 0 Å². The summed E-state index contributed by atoms with van der Waals surface area (Å²) >= 11 is 0. The van der Waals surface area contributed by atoms with E-state index in [1.807, 2.05) is 13.8 Å². The molecule has 1 rings (SSSR count). The Morgan fingerprint density at radius 3 is 2.27 bits per heavy atom. The van der Waals surface area contributed by atoms with E-state index in [1.165, 1.54) is 25.7 Å². The van der Waals surface area contributed by atoms with Crippen molar-refractivity contribution in [3.63, 3.8) is 0 Å². The topological polar surface area (TPSA) is 32.3 Å². The molecule has 1 aliphatic rings. The number of nitrogens with one attached hydrogen (secondary N) is 1. The standard InChI is InChI=1S/C13H27NO/c1-12(2)7-5-11(6-8-12)9-14-10-13(3,4)15/h11,14-15H,5-10H2,1-4H3. The number of hydrogen-bond acceptors (Lipinski definition) is 2. The van der Waals surface area contributed by atoms with E-state index in [4.69, 9.17) is 0 Å². The van der Waals surface area contributed by atoms with Crippen molar-refractivity contribution >= 4 is 0 Å². The van der Waals surface area contributed by atoms with E-state index in [9.17, 15) is 5.11 Å². The van der Waals surface area contributed by atoms with E-state index < -0.39 is 5.60 Å². The van der Waals surface area contributed by atoms with Crippen LogP contribution in [0.3, 0.4) is 0 Å². The zero-order chi connectivity index (χ0) is 11.5. The van der Waals surface area contributed by atoms with Gasteiger partial charge in [-0.05, 0) is 57.4 Å². The van der Waals surface area contributed by atoms with Gasteiger partial charge in [-0.3, -0.25) is 0 Å². The zero-order valence-electron chi connectivity index (χ0n) is 10.8. The van der Waals surface area contributed by atoms with Crippen molar-refractivity contribution in [3.05, 3.63) is 0 Å². The molecular formula is C13H27NO. The molecule has 90 valence electrons. The molecule has 2 nitrogen and oxygen atoms in total. The van der Waals surface area contributed by atoms with Crippen molar-refractivity contribution < 1.29 is 5.11 Å². The van der Waals surface area contributed by atoms with Crippen LogP contribution in [0.25, 0.3) is 0 Å². The molecule has 0 atom stereocenters. The van der Waals surface area contributed by atoms with Gasteiger partial charge in [0.2, 0.25) is 0 Å². The lowest BCUT2D eigenvalue weighted by Crippen LogP contribution is -2.38. The Morgan fingerprint density at radius 2 is 1.80 bits per heavy atom. The second-order valence-electron chi connectivity index (χ2n) is 6.55. The van der Waals surface area contributed by atoms with E-state index in [0.29, 0.717) is 12.0 Å². The molecule has 2 N–H and O–H groups in total. The molecule has 1 fully saturated rings. The molecule has 0 spiro atoms. The number of hydrogen-bond donors (Lipinski definition) is 2. The van der Waals surface area contributed by atoms with Gasteiger partial charge >= 0.3 is 0 Å². The van der Waals surface area contributed by atoms with Crippen LogP contribution >= 0.6 is 0 Å². The normalized spacial score (nSPS) is 23.0. The van der Waals surface area contributed by atoms with Crippen LogP contribution in [0, 0.1) is 11.3 Å². The predicted molar refractivity (Wildman–Crippen MR) is 64.9 cm³/mol. The van der Waals surface area contributed by atoms with Crippen molar-refractivity contribution in [2.45, 2.75) is 59.0 Å². The molecular weight excluding hydrogens is 186 g/mol. The SMILES string of the molecule is CC(C)(O)CNCC1CCC(C)(C)CC1. The van der Waals surface area contributed by atoms with Crippen LogP contribution in [0.1, 0.15) is 53.4 Å². The minimum absolute atomic E-state index is 0.562. The van der Waals surface area contributed by atoms with Gasteiger partial charge in [0.25, 0.3) is 0 Å². The highest BCUT2D eigenvalue weighted by atomic mass is 16.3. The van der Waals surface area contributed by atoms with Gasteiger partial charge in [0.1, 0.15) is 0 Å². The van der Waals surface area contributed by atoms with Gasteiger partial charge in [0.05, 0.1) is 5.60 Å². The molecule has 2 heteroatoms. The molecule has 1 saturated carbocycles. The fraction of sp³-hybridized carbons (Fsp3) is 1.00. The minimum atomic E-state index is -0.575. The fourth-order valence-corrected chi connectivity index (χ4v) is 2.25. The molecule has 0 amide bonds. The summed E-state index contributed by atoms with van der Waals surface area (Å²) in [4.78, 5) is 0. The smallest absolute Gasteiger partial charge is 0.0715 e. The molecule has 0 aliphatic heterocycles. The monoisotopic (exact) mass is 213 g/mol. The van der Waals surface area contributed by atoms with Gasteiger partial charge in [0.15, 0.2) is 0 Å². The molecule has 0 saturated heterocycles. The largest absolute Gasteiger partial charge is 0.389 e. The van der Waals surface area contributed by atoms with Gasteiger partial charge < -0.3 is 10.4 Å². The van der Waals surface area contributed by atoms with Gasteiger partial charge in [-0.25, -0.2) is 0 Å². The van der Waals surface area contributed by atoms with E-state index in [-0.39, 0.29) is 0 Å². The quantitative estimate of drug-likeness (QED) is 0.752. The molecule has 0 aromatic rings. The minimum Gasteiger partial charge on any atom is -0.389 e. The third-order valence-electron chi connectivity index (χ3n) is 3.45. The van der Waals surface area contributed by atoms with Crippen LogP contribution in [0.15, 0.2) is 0 Å². The Balaban J connectivity index is 2.14. The average molecular weight is 213 g/mol. The maximum Gasteiger partial charge on any atom is 0.0715 e. The first kappa shape index (κ1) is 13.0. The second kappa shape index (κ2) is 4.84. The van der Waals surface area contributed by atoms with Gasteiger partial charge in [-0.2, -0.15) is 0 Å². The van der Waals surface area contributed by atoms with Crippen molar-refractivity contribution in [3.8, 4) is 0 Å². The van der Waals surface area contributed by atoms with Gasteiger partial charge in [-0.1, -0.05) is 13.8 Å². The first-order valence-corrected chi connectivity index (χ1v) is 6.22. The number of aliphatic hydroxyl groups is 1. The highest BCUT2D eigenvalue weighted by Gasteiger charge is 2.26. The maximum absolute atomic E-state index is 9.57. The zero-order valence-corrected chi connectivity index (χ0v) is 10.8. The van der Waals surface area contributed by atoms with E-state index >= 15 is 0 Å². The summed E-state index contributed by atoms with van der Waals surface area (Å²) in [5.74, 6) is 0.820. The summed E-state index contributed by atoms with van der Waals surface area (Å²) in [6.45, 7) is 10.2. The van der Waals surface area contributed by atoms with Crippen LogP contribution in [-0.2, 0) is 0 Å². The summed E-state index contributed by atoms with van der Waals surface area (Å²) in [6, 6.07) is 0. The Morgan fingerprint density at radius 1 is 1.27 bits per heavy atom. The van der Waals surface area contributed by atoms with Crippen LogP contribution in [0.4, 0.5) is 0 Å². The van der Waals surface area contributed by atoms with Gasteiger partial charge in [0, 0.05) is 6.54 Å². The lowest BCUT2D eigenvalue weighted by atomic mass is 9.73. The predicted octanol–water partition coefficient (Wildman–Crippen LogP) is 2.56. The van der Waals surface area contributed by atoms with Crippen molar-refractivity contribution in [2.75, 3.05) is 13.1 Å². The van der Waals surface area contributed by atoms with Crippen molar-refractivity contribution in [2.24, 2.45) is 11.3 Å².